The summed E-state index contributed by atoms with van der Waals surface area (Å²) in [6.45, 7) is 1.35. The number of Topliss-reactive ketones (excluding diaryl/α,β-unsaturated/α-hetero) is 1. The molecule has 5 nitrogen and oxygen atoms in total. The maximum absolute atomic E-state index is 10.7. The number of carbonyl (C=O) groups excluding carboxylic acids is 2. The molecule has 0 radical (unpaired) electrons. The predicted molar refractivity (Wildman–Crippen MR) is 98.8 cm³/mol. The Bertz CT molecular complexity index is 603. The van der Waals surface area contributed by atoms with E-state index in [0.717, 1.165) is 5.75 Å². The number of nitrogens with one attached hydrogen (secondary N) is 1. The van der Waals surface area contributed by atoms with Crippen LogP contribution in [-0.4, -0.2) is 36.7 Å². The molecule has 0 bridgehead atoms. The molecule has 0 aromatic heterocycles. The molecule has 3 rings (SSSR count). The molecule has 0 aliphatic carbocycles. The minimum absolute atomic E-state index is 0.175. The van der Waals surface area contributed by atoms with E-state index in [-0.39, 0.29) is 12.0 Å². The van der Waals surface area contributed by atoms with Crippen molar-refractivity contribution in [3.63, 3.8) is 0 Å². The highest BCUT2D eigenvalue weighted by molar-refractivity contribution is 7.80. The molecule has 1 aliphatic rings. The normalized spacial score (nSPS) is 19.2. The Morgan fingerprint density at radius 1 is 1.16 bits per heavy atom. The van der Waals surface area contributed by atoms with Gasteiger partial charge in [-0.2, -0.15) is 0 Å². The monoisotopic (exact) mass is 359 g/mol. The summed E-state index contributed by atoms with van der Waals surface area (Å²) < 4.78 is 10.6. The number of hydrogen-bond acceptors (Lipinski definition) is 6. The lowest BCUT2D eigenvalue weighted by molar-refractivity contribution is -0.133. The van der Waals surface area contributed by atoms with E-state index in [0.29, 0.717) is 19.4 Å². The molecular formula is C19H21NO4S. The number of carbonyl (C=O) groups is 2. The van der Waals surface area contributed by atoms with Crippen LogP contribution in [0.15, 0.2) is 60.7 Å². The van der Waals surface area contributed by atoms with Gasteiger partial charge in [0, 0.05) is 6.54 Å². The number of morpholine rings is 1. The smallest absolute Gasteiger partial charge is 0.214 e. The second-order valence-electron chi connectivity index (χ2n) is 5.36. The molecule has 132 valence electrons. The summed E-state index contributed by atoms with van der Waals surface area (Å²) in [6.07, 6.45) is 0.305. The zero-order valence-electron chi connectivity index (χ0n) is 13.7. The van der Waals surface area contributed by atoms with Crippen molar-refractivity contribution in [2.24, 2.45) is 0 Å². The number of benzene rings is 2. The summed E-state index contributed by atoms with van der Waals surface area (Å²) in [5.74, 6) is 0.446. The Balaban J connectivity index is 0.000000186. The van der Waals surface area contributed by atoms with Gasteiger partial charge in [-0.25, -0.2) is 0 Å². The summed E-state index contributed by atoms with van der Waals surface area (Å²) in [7, 11) is 0. The van der Waals surface area contributed by atoms with E-state index in [1.807, 2.05) is 48.5 Å². The standard InChI is InChI=1S/C13H12O.C6H9NO3S/c1-3-7-12(8-4-1)11-14-13-9-5-2-6-10-13;8-2-5(9)4-3-10-6(11)1-7-4/h1-10H,11H2;2,4,6-7,11H,1,3H2. The van der Waals surface area contributed by atoms with E-state index in [2.05, 4.69) is 30.1 Å². The quantitative estimate of drug-likeness (QED) is 0.487. The zero-order chi connectivity index (χ0) is 17.9. The number of thiol groups is 1. The number of rotatable bonds is 5. The molecule has 1 aliphatic heterocycles. The van der Waals surface area contributed by atoms with Crippen molar-refractivity contribution in [2.45, 2.75) is 18.1 Å². The topological polar surface area (TPSA) is 64.6 Å². The van der Waals surface area contributed by atoms with Crippen LogP contribution < -0.4 is 10.1 Å². The highest BCUT2D eigenvalue weighted by Gasteiger charge is 2.23. The van der Waals surface area contributed by atoms with E-state index in [9.17, 15) is 9.59 Å². The maximum atomic E-state index is 10.7. The molecule has 0 saturated carbocycles. The number of hydrogen-bond donors (Lipinski definition) is 2. The van der Waals surface area contributed by atoms with E-state index in [4.69, 9.17) is 9.47 Å². The van der Waals surface area contributed by atoms with Gasteiger partial charge in [-0.05, 0) is 17.7 Å². The first-order valence-corrected chi connectivity index (χ1v) is 8.44. The van der Waals surface area contributed by atoms with Crippen LogP contribution in [0, 0.1) is 0 Å². The fourth-order valence-corrected chi connectivity index (χ4v) is 2.28. The molecule has 25 heavy (non-hydrogen) atoms. The summed E-state index contributed by atoms with van der Waals surface area (Å²) >= 11 is 4.02. The fraction of sp³-hybridized carbons (Fsp3) is 0.263. The van der Waals surface area contributed by atoms with Gasteiger partial charge in [0.2, 0.25) is 5.78 Å². The largest absolute Gasteiger partial charge is 0.489 e. The Morgan fingerprint density at radius 2 is 1.80 bits per heavy atom. The van der Waals surface area contributed by atoms with E-state index in [1.165, 1.54) is 5.56 Å². The SMILES string of the molecule is O=CC(=O)C1COC(S)CN1.c1ccc(COc2ccccc2)cc1. The molecule has 2 aromatic rings. The first-order valence-electron chi connectivity index (χ1n) is 7.93. The van der Waals surface area contributed by atoms with Gasteiger partial charge in [0.05, 0.1) is 12.6 Å². The average molecular weight is 359 g/mol. The minimum Gasteiger partial charge on any atom is -0.489 e. The van der Waals surface area contributed by atoms with Crippen LogP contribution >= 0.6 is 12.6 Å². The fourth-order valence-electron chi connectivity index (χ4n) is 2.09. The second-order valence-corrected chi connectivity index (χ2v) is 5.93. The van der Waals surface area contributed by atoms with Crippen molar-refractivity contribution < 1.29 is 19.1 Å². The molecule has 0 amide bonds. The van der Waals surface area contributed by atoms with Crippen molar-refractivity contribution in [1.29, 1.82) is 0 Å². The van der Waals surface area contributed by atoms with Gasteiger partial charge in [-0.3, -0.25) is 9.59 Å². The van der Waals surface area contributed by atoms with Crippen LogP contribution in [0.25, 0.3) is 0 Å². The predicted octanol–water partition coefficient (Wildman–Crippen LogP) is 2.26. The Hall–Kier alpha value is -2.15. The third-order valence-corrected chi connectivity index (χ3v) is 3.78. The molecule has 6 heteroatoms. The Labute approximate surface area is 152 Å². The van der Waals surface area contributed by atoms with Gasteiger partial charge < -0.3 is 14.8 Å². The molecule has 2 unspecified atom stereocenters. The third-order valence-electron chi connectivity index (χ3n) is 3.45. The number of para-hydroxylation sites is 1. The molecule has 1 heterocycles. The van der Waals surface area contributed by atoms with Gasteiger partial charge in [0.1, 0.15) is 17.8 Å². The van der Waals surface area contributed by atoms with Gasteiger partial charge in [0.15, 0.2) is 6.29 Å². The van der Waals surface area contributed by atoms with Crippen molar-refractivity contribution in [2.75, 3.05) is 13.2 Å². The van der Waals surface area contributed by atoms with E-state index >= 15 is 0 Å². The van der Waals surface area contributed by atoms with Crippen LogP contribution in [0.5, 0.6) is 5.75 Å². The van der Waals surface area contributed by atoms with Crippen molar-refractivity contribution >= 4 is 24.7 Å². The lowest BCUT2D eigenvalue weighted by Crippen LogP contribution is -2.49. The van der Waals surface area contributed by atoms with Crippen molar-refractivity contribution in [3.8, 4) is 5.75 Å². The van der Waals surface area contributed by atoms with Crippen LogP contribution in [0.1, 0.15) is 5.56 Å². The van der Waals surface area contributed by atoms with Crippen LogP contribution in [0.3, 0.4) is 0 Å². The highest BCUT2D eigenvalue weighted by atomic mass is 32.1. The average Bonchev–Trinajstić information content (AvgIpc) is 2.68. The van der Waals surface area contributed by atoms with Gasteiger partial charge in [-0.15, -0.1) is 12.6 Å². The Morgan fingerprint density at radius 3 is 2.36 bits per heavy atom. The first-order chi connectivity index (χ1) is 12.2. The van der Waals surface area contributed by atoms with Crippen molar-refractivity contribution in [1.82, 2.24) is 5.32 Å². The van der Waals surface area contributed by atoms with Gasteiger partial charge in [-0.1, -0.05) is 48.5 Å². The summed E-state index contributed by atoms with van der Waals surface area (Å²) in [6, 6.07) is 19.5. The Kier molecular flexibility index (Phi) is 8.18. The van der Waals surface area contributed by atoms with E-state index < -0.39 is 11.8 Å². The molecule has 2 aromatic carbocycles. The molecule has 0 spiro atoms. The molecule has 2 atom stereocenters. The summed E-state index contributed by atoms with van der Waals surface area (Å²) in [5.41, 5.74) is 1.02. The molecular weight excluding hydrogens is 338 g/mol. The molecule has 1 N–H and O–H groups in total. The van der Waals surface area contributed by atoms with Gasteiger partial charge in [0.25, 0.3) is 0 Å². The van der Waals surface area contributed by atoms with Crippen LogP contribution in [-0.2, 0) is 20.9 Å². The first kappa shape index (κ1) is 19.2. The number of aldehydes is 1. The van der Waals surface area contributed by atoms with Crippen LogP contribution in [0.4, 0.5) is 0 Å². The number of ketones is 1. The second kappa shape index (κ2) is 10.7. The van der Waals surface area contributed by atoms with E-state index in [1.54, 1.807) is 0 Å². The summed E-state index contributed by atoms with van der Waals surface area (Å²) in [4.78, 5) is 20.8. The maximum Gasteiger partial charge on any atom is 0.214 e. The molecule has 1 saturated heterocycles. The molecule has 1 fully saturated rings. The highest BCUT2D eigenvalue weighted by Crippen LogP contribution is 2.11. The lowest BCUT2D eigenvalue weighted by Gasteiger charge is -2.25. The van der Waals surface area contributed by atoms with Gasteiger partial charge >= 0.3 is 0 Å². The number of ether oxygens (including phenoxy) is 2. The zero-order valence-corrected chi connectivity index (χ0v) is 14.6. The minimum atomic E-state index is -0.476. The van der Waals surface area contributed by atoms with Crippen LogP contribution in [0.2, 0.25) is 0 Å². The lowest BCUT2D eigenvalue weighted by atomic mass is 10.2. The van der Waals surface area contributed by atoms with Crippen molar-refractivity contribution in [3.05, 3.63) is 66.2 Å². The third kappa shape index (κ3) is 7.09. The summed E-state index contributed by atoms with van der Waals surface area (Å²) in [5, 5.41) is 2.84.